The molecule has 0 aliphatic carbocycles. The number of aryl methyl sites for hydroxylation is 1. The number of rotatable bonds is 4. The van der Waals surface area contributed by atoms with Crippen LogP contribution in [0.2, 0.25) is 0 Å². The van der Waals surface area contributed by atoms with Gasteiger partial charge in [-0.15, -0.1) is 0 Å². The van der Waals surface area contributed by atoms with Crippen LogP contribution in [-0.2, 0) is 4.74 Å². The van der Waals surface area contributed by atoms with Gasteiger partial charge in [0.05, 0.1) is 5.94 Å². The lowest BCUT2D eigenvalue weighted by Gasteiger charge is -2.05. The highest BCUT2D eigenvalue weighted by Gasteiger charge is 1.99. The summed E-state index contributed by atoms with van der Waals surface area (Å²) in [6, 6.07) is 6.03. The molecule has 0 heterocycles. The van der Waals surface area contributed by atoms with E-state index < -0.39 is 0 Å². The highest BCUT2D eigenvalue weighted by molar-refractivity contribution is 7.99. The molecule has 0 saturated carbocycles. The van der Waals surface area contributed by atoms with Crippen molar-refractivity contribution < 1.29 is 4.74 Å². The molecule has 0 amide bonds. The zero-order valence-corrected chi connectivity index (χ0v) is 8.86. The minimum Gasteiger partial charge on any atom is -0.398 e. The Labute approximate surface area is 83.5 Å². The van der Waals surface area contributed by atoms with Gasteiger partial charge in [0.25, 0.3) is 0 Å². The standard InChI is InChI=1S/C10H15NOS/c1-3-12-7-13-10-6-8(2)4-5-9(10)11/h4-6H,3,7,11H2,1-2H3. The lowest BCUT2D eigenvalue weighted by molar-refractivity contribution is 0.199. The molecule has 0 radical (unpaired) electrons. The third-order valence-corrected chi connectivity index (χ3v) is 2.62. The second kappa shape index (κ2) is 5.14. The number of ether oxygens (including phenoxy) is 1. The first-order valence-electron chi connectivity index (χ1n) is 4.30. The summed E-state index contributed by atoms with van der Waals surface area (Å²) in [5.74, 6) is 0.671. The minimum atomic E-state index is 0.671. The van der Waals surface area contributed by atoms with Crippen molar-refractivity contribution in [3.8, 4) is 0 Å². The Morgan fingerprint density at radius 3 is 2.92 bits per heavy atom. The Morgan fingerprint density at radius 1 is 1.46 bits per heavy atom. The molecule has 72 valence electrons. The molecule has 0 aromatic heterocycles. The summed E-state index contributed by atoms with van der Waals surface area (Å²) in [4.78, 5) is 1.11. The number of anilines is 1. The molecule has 13 heavy (non-hydrogen) atoms. The van der Waals surface area contributed by atoms with Gasteiger partial charge in [-0.25, -0.2) is 0 Å². The maximum absolute atomic E-state index is 5.80. The highest BCUT2D eigenvalue weighted by atomic mass is 32.2. The van der Waals surface area contributed by atoms with Gasteiger partial charge in [0.1, 0.15) is 0 Å². The molecule has 1 aromatic carbocycles. The van der Waals surface area contributed by atoms with Crippen LogP contribution in [0, 0.1) is 6.92 Å². The smallest absolute Gasteiger partial charge is 0.0967 e. The second-order valence-electron chi connectivity index (χ2n) is 2.80. The summed E-state index contributed by atoms with van der Waals surface area (Å²) in [6.07, 6.45) is 0. The predicted octanol–water partition coefficient (Wildman–Crippen LogP) is 2.66. The van der Waals surface area contributed by atoms with E-state index >= 15 is 0 Å². The number of thioether (sulfide) groups is 1. The van der Waals surface area contributed by atoms with Gasteiger partial charge in [-0.2, -0.15) is 0 Å². The van der Waals surface area contributed by atoms with Crippen LogP contribution in [0.5, 0.6) is 0 Å². The molecule has 2 nitrogen and oxygen atoms in total. The SMILES string of the molecule is CCOCSc1cc(C)ccc1N. The van der Waals surface area contributed by atoms with Crippen LogP contribution in [0.15, 0.2) is 23.1 Å². The van der Waals surface area contributed by atoms with E-state index in [0.29, 0.717) is 5.94 Å². The molecular weight excluding hydrogens is 182 g/mol. The third kappa shape index (κ3) is 3.28. The van der Waals surface area contributed by atoms with Crippen LogP contribution >= 0.6 is 11.8 Å². The van der Waals surface area contributed by atoms with Crippen molar-refractivity contribution in [1.82, 2.24) is 0 Å². The topological polar surface area (TPSA) is 35.2 Å². The maximum Gasteiger partial charge on any atom is 0.0967 e. The van der Waals surface area contributed by atoms with Gasteiger partial charge in [0.15, 0.2) is 0 Å². The van der Waals surface area contributed by atoms with E-state index in [0.717, 1.165) is 17.2 Å². The van der Waals surface area contributed by atoms with Crippen molar-refractivity contribution in [3.63, 3.8) is 0 Å². The van der Waals surface area contributed by atoms with Crippen molar-refractivity contribution in [3.05, 3.63) is 23.8 Å². The Balaban J connectivity index is 2.59. The number of nitrogens with two attached hydrogens (primary N) is 1. The maximum atomic E-state index is 5.80. The van der Waals surface area contributed by atoms with Crippen LogP contribution in [-0.4, -0.2) is 12.5 Å². The summed E-state index contributed by atoms with van der Waals surface area (Å²) < 4.78 is 5.24. The zero-order chi connectivity index (χ0) is 9.68. The lowest BCUT2D eigenvalue weighted by Crippen LogP contribution is -1.92. The van der Waals surface area contributed by atoms with E-state index in [2.05, 4.69) is 13.0 Å². The molecule has 0 saturated heterocycles. The van der Waals surface area contributed by atoms with Crippen LogP contribution < -0.4 is 5.73 Å². The Hall–Kier alpha value is -0.670. The van der Waals surface area contributed by atoms with Crippen LogP contribution in [0.3, 0.4) is 0 Å². The van der Waals surface area contributed by atoms with E-state index in [-0.39, 0.29) is 0 Å². The van der Waals surface area contributed by atoms with E-state index in [1.54, 1.807) is 11.8 Å². The molecule has 0 atom stereocenters. The van der Waals surface area contributed by atoms with Crippen molar-refractivity contribution in [2.75, 3.05) is 18.3 Å². The van der Waals surface area contributed by atoms with Crippen molar-refractivity contribution in [2.45, 2.75) is 18.7 Å². The summed E-state index contributed by atoms with van der Waals surface area (Å²) in [7, 11) is 0. The average Bonchev–Trinajstić information content (AvgIpc) is 2.11. The van der Waals surface area contributed by atoms with E-state index in [1.165, 1.54) is 5.56 Å². The number of hydrogen-bond donors (Lipinski definition) is 1. The number of benzene rings is 1. The van der Waals surface area contributed by atoms with Crippen molar-refractivity contribution in [2.24, 2.45) is 0 Å². The van der Waals surface area contributed by atoms with Crippen LogP contribution in [0.1, 0.15) is 12.5 Å². The Kier molecular flexibility index (Phi) is 4.12. The van der Waals surface area contributed by atoms with Gasteiger partial charge in [0, 0.05) is 17.2 Å². The van der Waals surface area contributed by atoms with Crippen LogP contribution in [0.25, 0.3) is 0 Å². The summed E-state index contributed by atoms with van der Waals surface area (Å²) in [6.45, 7) is 4.79. The van der Waals surface area contributed by atoms with Gasteiger partial charge in [-0.05, 0) is 31.5 Å². The Bertz CT molecular complexity index is 276. The largest absolute Gasteiger partial charge is 0.398 e. The monoisotopic (exact) mass is 197 g/mol. The molecule has 0 unspecified atom stereocenters. The number of nitrogen functional groups attached to an aromatic ring is 1. The van der Waals surface area contributed by atoms with Crippen molar-refractivity contribution in [1.29, 1.82) is 0 Å². The van der Waals surface area contributed by atoms with Gasteiger partial charge in [-0.3, -0.25) is 0 Å². The molecule has 0 spiro atoms. The van der Waals surface area contributed by atoms with Crippen LogP contribution in [0.4, 0.5) is 5.69 Å². The third-order valence-electron chi connectivity index (χ3n) is 1.67. The first-order valence-corrected chi connectivity index (χ1v) is 5.29. The molecule has 1 aromatic rings. The second-order valence-corrected chi connectivity index (χ2v) is 3.76. The van der Waals surface area contributed by atoms with E-state index in [1.807, 2.05) is 19.1 Å². The summed E-state index contributed by atoms with van der Waals surface area (Å²) >= 11 is 1.64. The predicted molar refractivity (Wildman–Crippen MR) is 57.9 cm³/mol. The van der Waals surface area contributed by atoms with E-state index in [4.69, 9.17) is 10.5 Å². The molecule has 1 rings (SSSR count). The fourth-order valence-electron chi connectivity index (χ4n) is 0.955. The van der Waals surface area contributed by atoms with Gasteiger partial charge < -0.3 is 10.5 Å². The molecule has 2 N–H and O–H groups in total. The lowest BCUT2D eigenvalue weighted by atomic mass is 10.2. The Morgan fingerprint density at radius 2 is 2.23 bits per heavy atom. The van der Waals surface area contributed by atoms with Gasteiger partial charge in [0.2, 0.25) is 0 Å². The summed E-state index contributed by atoms with van der Waals surface area (Å²) in [5, 5.41) is 0. The van der Waals surface area contributed by atoms with Gasteiger partial charge >= 0.3 is 0 Å². The van der Waals surface area contributed by atoms with Gasteiger partial charge in [-0.1, -0.05) is 17.8 Å². The first-order chi connectivity index (χ1) is 6.24. The normalized spacial score (nSPS) is 10.3. The average molecular weight is 197 g/mol. The molecule has 0 fully saturated rings. The fourth-order valence-corrected chi connectivity index (χ4v) is 1.84. The first kappa shape index (κ1) is 10.4. The molecule has 0 bridgehead atoms. The fraction of sp³-hybridized carbons (Fsp3) is 0.400. The van der Waals surface area contributed by atoms with E-state index in [9.17, 15) is 0 Å². The molecule has 0 aliphatic rings. The number of hydrogen-bond acceptors (Lipinski definition) is 3. The van der Waals surface area contributed by atoms with Crippen molar-refractivity contribution >= 4 is 17.4 Å². The summed E-state index contributed by atoms with van der Waals surface area (Å²) in [5.41, 5.74) is 7.85. The molecule has 0 aliphatic heterocycles. The highest BCUT2D eigenvalue weighted by Crippen LogP contribution is 2.25. The minimum absolute atomic E-state index is 0.671. The quantitative estimate of drug-likeness (QED) is 0.349. The molecular formula is C10H15NOS. The zero-order valence-electron chi connectivity index (χ0n) is 8.04. The molecule has 3 heteroatoms.